The summed E-state index contributed by atoms with van der Waals surface area (Å²) in [6, 6.07) is 6.01. The molecule has 0 radical (unpaired) electrons. The van der Waals surface area contributed by atoms with Crippen molar-refractivity contribution < 1.29 is 9.18 Å². The molecule has 4 rings (SSSR count). The minimum atomic E-state index is -0.409. The normalized spacial score (nSPS) is 12.0. The van der Waals surface area contributed by atoms with E-state index in [2.05, 4.69) is 30.7 Å². The summed E-state index contributed by atoms with van der Waals surface area (Å²) in [4.78, 5) is 25.3. The van der Waals surface area contributed by atoms with Crippen molar-refractivity contribution in [1.82, 2.24) is 24.7 Å². The van der Waals surface area contributed by atoms with Gasteiger partial charge in [-0.3, -0.25) is 14.5 Å². The number of aromatic nitrogens is 5. The number of amides is 1. The number of aryl methyl sites for hydroxylation is 2. The summed E-state index contributed by atoms with van der Waals surface area (Å²) < 4.78 is 16.3. The zero-order valence-corrected chi connectivity index (χ0v) is 18.1. The van der Waals surface area contributed by atoms with Crippen LogP contribution in [-0.2, 0) is 17.8 Å². The summed E-state index contributed by atoms with van der Waals surface area (Å²) in [6.07, 6.45) is 7.01. The summed E-state index contributed by atoms with van der Waals surface area (Å²) in [6.45, 7) is 6.45. The van der Waals surface area contributed by atoms with Gasteiger partial charge in [0.25, 0.3) is 0 Å². The lowest BCUT2D eigenvalue weighted by molar-refractivity contribution is -0.115. The summed E-state index contributed by atoms with van der Waals surface area (Å²) in [5, 5.41) is 10.3. The van der Waals surface area contributed by atoms with Crippen molar-refractivity contribution in [3.8, 4) is 0 Å². The monoisotopic (exact) mass is 433 g/mol. The zero-order chi connectivity index (χ0) is 22.7. The number of anilines is 2. The molecule has 0 aliphatic carbocycles. The summed E-state index contributed by atoms with van der Waals surface area (Å²) in [7, 11) is 0. The maximum absolute atomic E-state index is 14.5. The van der Waals surface area contributed by atoms with Crippen LogP contribution in [0.3, 0.4) is 0 Å². The van der Waals surface area contributed by atoms with E-state index in [9.17, 15) is 9.18 Å². The lowest BCUT2D eigenvalue weighted by Crippen LogP contribution is -2.16. The van der Waals surface area contributed by atoms with Crippen LogP contribution in [0.5, 0.6) is 0 Å². The van der Waals surface area contributed by atoms with Crippen molar-refractivity contribution in [2.45, 2.75) is 39.8 Å². The standard InChI is InChI=1S/C23H24FN7O/c1-4-31-13-20-23(30-31)29-21(12-26-20)27-15(3)18-9-17(5-6-19(18)24)28-22(32)8-16-7-14(2)10-25-11-16/h5-7,9-13,15H,4,8H2,1-3H3,(H,28,32)(H,27,29,30)/t15-/m0/s1. The number of halogens is 1. The van der Waals surface area contributed by atoms with Gasteiger partial charge in [0.05, 0.1) is 24.9 Å². The van der Waals surface area contributed by atoms with Crippen LogP contribution in [0.15, 0.2) is 49.1 Å². The van der Waals surface area contributed by atoms with E-state index in [0.29, 0.717) is 28.2 Å². The van der Waals surface area contributed by atoms with E-state index >= 15 is 0 Å². The van der Waals surface area contributed by atoms with Gasteiger partial charge in [0.15, 0.2) is 0 Å². The minimum Gasteiger partial charge on any atom is -0.362 e. The molecule has 2 N–H and O–H groups in total. The molecule has 0 saturated heterocycles. The lowest BCUT2D eigenvalue weighted by Gasteiger charge is -2.17. The summed E-state index contributed by atoms with van der Waals surface area (Å²) >= 11 is 0. The van der Waals surface area contributed by atoms with Crippen LogP contribution >= 0.6 is 0 Å². The van der Waals surface area contributed by atoms with Crippen LogP contribution in [0.2, 0.25) is 0 Å². The first-order valence-electron chi connectivity index (χ1n) is 10.4. The van der Waals surface area contributed by atoms with Gasteiger partial charge in [0.1, 0.15) is 17.2 Å². The summed E-state index contributed by atoms with van der Waals surface area (Å²) in [5.74, 6) is -0.0827. The van der Waals surface area contributed by atoms with Crippen molar-refractivity contribution in [3.05, 3.63) is 71.6 Å². The molecular formula is C23H24FN7O. The molecule has 0 bridgehead atoms. The second-order valence-electron chi connectivity index (χ2n) is 7.65. The number of rotatable bonds is 7. The van der Waals surface area contributed by atoms with E-state index in [4.69, 9.17) is 0 Å². The highest BCUT2D eigenvalue weighted by Crippen LogP contribution is 2.24. The summed E-state index contributed by atoms with van der Waals surface area (Å²) in [5.41, 5.74) is 3.95. The van der Waals surface area contributed by atoms with Crippen molar-refractivity contribution in [2.75, 3.05) is 10.6 Å². The van der Waals surface area contributed by atoms with Gasteiger partial charge in [-0.15, -0.1) is 0 Å². The molecule has 0 spiro atoms. The fraction of sp³-hybridized carbons (Fsp3) is 0.261. The Morgan fingerprint density at radius 3 is 2.84 bits per heavy atom. The van der Waals surface area contributed by atoms with Crippen LogP contribution in [0.25, 0.3) is 11.2 Å². The molecule has 0 aliphatic heterocycles. The second-order valence-corrected chi connectivity index (χ2v) is 7.65. The molecular weight excluding hydrogens is 409 g/mol. The van der Waals surface area contributed by atoms with Crippen molar-refractivity contribution in [1.29, 1.82) is 0 Å². The molecule has 32 heavy (non-hydrogen) atoms. The third-order valence-electron chi connectivity index (χ3n) is 5.01. The number of fused-ring (bicyclic) bond motifs is 1. The van der Waals surface area contributed by atoms with E-state index in [-0.39, 0.29) is 18.1 Å². The Hall–Kier alpha value is -3.88. The molecule has 1 amide bonds. The number of benzene rings is 1. The molecule has 1 aromatic carbocycles. The van der Waals surface area contributed by atoms with E-state index in [1.54, 1.807) is 35.4 Å². The Morgan fingerprint density at radius 2 is 2.06 bits per heavy atom. The molecule has 9 heteroatoms. The molecule has 164 valence electrons. The number of carbonyl (C=O) groups excluding carboxylic acids is 1. The maximum atomic E-state index is 14.5. The van der Waals surface area contributed by atoms with Crippen LogP contribution in [0.1, 0.15) is 36.6 Å². The third kappa shape index (κ3) is 4.88. The third-order valence-corrected chi connectivity index (χ3v) is 5.01. The maximum Gasteiger partial charge on any atom is 0.228 e. The highest BCUT2D eigenvalue weighted by molar-refractivity contribution is 5.92. The van der Waals surface area contributed by atoms with E-state index in [1.807, 2.05) is 33.0 Å². The lowest BCUT2D eigenvalue weighted by atomic mass is 10.1. The Morgan fingerprint density at radius 1 is 1.22 bits per heavy atom. The highest BCUT2D eigenvalue weighted by Gasteiger charge is 2.15. The first kappa shape index (κ1) is 21.4. The van der Waals surface area contributed by atoms with Crippen molar-refractivity contribution >= 4 is 28.6 Å². The van der Waals surface area contributed by atoms with Crippen molar-refractivity contribution in [2.24, 2.45) is 0 Å². The van der Waals surface area contributed by atoms with Gasteiger partial charge in [0, 0.05) is 30.2 Å². The van der Waals surface area contributed by atoms with Crippen LogP contribution < -0.4 is 10.6 Å². The predicted molar refractivity (Wildman–Crippen MR) is 121 cm³/mol. The van der Waals surface area contributed by atoms with Crippen LogP contribution in [-0.4, -0.2) is 30.6 Å². The number of carbonyl (C=O) groups is 1. The van der Waals surface area contributed by atoms with Gasteiger partial charge < -0.3 is 10.6 Å². The van der Waals surface area contributed by atoms with Gasteiger partial charge in [-0.1, -0.05) is 6.07 Å². The Labute approximate surface area is 184 Å². The number of pyridine rings is 1. The molecule has 0 aliphatic rings. The Kier molecular flexibility index (Phi) is 6.07. The predicted octanol–water partition coefficient (Wildman–Crippen LogP) is 4.04. The SMILES string of the molecule is CCn1cc2ncc(N[C@@H](C)c3cc(NC(=O)Cc4cncc(C)c4)ccc3F)nc2n1. The molecule has 4 aromatic rings. The fourth-order valence-electron chi connectivity index (χ4n) is 3.43. The van der Waals surface area contributed by atoms with Gasteiger partial charge in [-0.2, -0.15) is 5.10 Å². The Bertz CT molecular complexity index is 1270. The highest BCUT2D eigenvalue weighted by atomic mass is 19.1. The number of hydrogen-bond donors (Lipinski definition) is 2. The van der Waals surface area contributed by atoms with Gasteiger partial charge >= 0.3 is 0 Å². The quantitative estimate of drug-likeness (QED) is 0.456. The smallest absolute Gasteiger partial charge is 0.228 e. The second kappa shape index (κ2) is 9.09. The van der Waals surface area contributed by atoms with Crippen LogP contribution in [0.4, 0.5) is 15.9 Å². The molecule has 8 nitrogen and oxygen atoms in total. The van der Waals surface area contributed by atoms with Gasteiger partial charge in [0.2, 0.25) is 11.6 Å². The van der Waals surface area contributed by atoms with E-state index < -0.39 is 6.04 Å². The van der Waals surface area contributed by atoms with Crippen molar-refractivity contribution in [3.63, 3.8) is 0 Å². The average molecular weight is 433 g/mol. The molecule has 3 heterocycles. The zero-order valence-electron chi connectivity index (χ0n) is 18.1. The van der Waals surface area contributed by atoms with Gasteiger partial charge in [-0.05, 0) is 50.1 Å². The first-order chi connectivity index (χ1) is 15.4. The van der Waals surface area contributed by atoms with Crippen LogP contribution in [0, 0.1) is 12.7 Å². The number of nitrogens with zero attached hydrogens (tertiary/aromatic N) is 5. The number of nitrogens with one attached hydrogen (secondary N) is 2. The minimum absolute atomic E-state index is 0.190. The largest absolute Gasteiger partial charge is 0.362 e. The van der Waals surface area contributed by atoms with Gasteiger partial charge in [-0.25, -0.2) is 14.4 Å². The molecule has 3 aromatic heterocycles. The number of hydrogen-bond acceptors (Lipinski definition) is 6. The Balaban J connectivity index is 1.47. The average Bonchev–Trinajstić information content (AvgIpc) is 3.17. The molecule has 0 unspecified atom stereocenters. The first-order valence-corrected chi connectivity index (χ1v) is 10.4. The fourth-order valence-corrected chi connectivity index (χ4v) is 3.43. The molecule has 1 atom stereocenters. The van der Waals surface area contributed by atoms with E-state index in [1.165, 1.54) is 6.07 Å². The van der Waals surface area contributed by atoms with E-state index in [0.717, 1.165) is 17.7 Å². The topological polar surface area (TPSA) is 97.6 Å². The molecule has 0 fully saturated rings. The molecule has 0 saturated carbocycles.